The number of likely N-dealkylation sites (tertiary alicyclic amines) is 1. The van der Waals surface area contributed by atoms with Crippen molar-refractivity contribution in [2.45, 2.75) is 26.0 Å². The highest BCUT2D eigenvalue weighted by Gasteiger charge is 2.25. The van der Waals surface area contributed by atoms with Crippen LogP contribution < -0.4 is 5.32 Å². The second-order valence-electron chi connectivity index (χ2n) is 6.41. The molecule has 0 bridgehead atoms. The van der Waals surface area contributed by atoms with E-state index in [1.54, 1.807) is 0 Å². The molecule has 0 spiro atoms. The van der Waals surface area contributed by atoms with Gasteiger partial charge in [-0.15, -0.1) is 0 Å². The first-order valence-corrected chi connectivity index (χ1v) is 8.51. The number of anilines is 1. The maximum Gasteiger partial charge on any atom is 0.228 e. The Bertz CT molecular complexity index is 672. The molecule has 0 saturated carbocycles. The smallest absolute Gasteiger partial charge is 0.228 e. The molecule has 2 N–H and O–H groups in total. The van der Waals surface area contributed by atoms with Crippen LogP contribution in [-0.4, -0.2) is 29.0 Å². The Morgan fingerprint density at radius 3 is 2.71 bits per heavy atom. The van der Waals surface area contributed by atoms with E-state index in [1.807, 2.05) is 30.3 Å². The van der Waals surface area contributed by atoms with Gasteiger partial charge in [-0.1, -0.05) is 42.5 Å². The molecule has 3 rings (SSSR count). The minimum atomic E-state index is -0.0159. The highest BCUT2D eigenvalue weighted by molar-refractivity contribution is 5.92. The zero-order chi connectivity index (χ0) is 16.8. The number of rotatable bonds is 5. The van der Waals surface area contributed by atoms with E-state index < -0.39 is 0 Å². The van der Waals surface area contributed by atoms with Gasteiger partial charge >= 0.3 is 0 Å². The number of hydrogen-bond donors (Lipinski definition) is 2. The summed E-state index contributed by atoms with van der Waals surface area (Å²) in [7, 11) is 0. The van der Waals surface area contributed by atoms with Crippen molar-refractivity contribution in [2.24, 2.45) is 5.92 Å². The third kappa shape index (κ3) is 4.43. The number of carbonyl (C=O) groups excluding carboxylic acids is 1. The summed E-state index contributed by atoms with van der Waals surface area (Å²) in [6.45, 7) is 2.71. The minimum absolute atomic E-state index is 0.0141. The largest absolute Gasteiger partial charge is 0.392 e. The van der Waals surface area contributed by atoms with Gasteiger partial charge in [-0.05, 0) is 42.6 Å². The lowest BCUT2D eigenvalue weighted by Crippen LogP contribution is -2.40. The van der Waals surface area contributed by atoms with Crippen LogP contribution in [0, 0.1) is 5.92 Å². The summed E-state index contributed by atoms with van der Waals surface area (Å²) in [6.07, 6.45) is 1.97. The predicted molar refractivity (Wildman–Crippen MR) is 95.4 cm³/mol. The molecule has 1 unspecified atom stereocenters. The van der Waals surface area contributed by atoms with Crippen LogP contribution in [0.15, 0.2) is 54.6 Å². The molecular formula is C20H24N2O2. The summed E-state index contributed by atoms with van der Waals surface area (Å²) in [6, 6.07) is 17.8. The van der Waals surface area contributed by atoms with Crippen LogP contribution in [0.4, 0.5) is 5.69 Å². The summed E-state index contributed by atoms with van der Waals surface area (Å²) in [5.41, 5.74) is 2.85. The highest BCUT2D eigenvalue weighted by Crippen LogP contribution is 2.21. The van der Waals surface area contributed by atoms with E-state index in [2.05, 4.69) is 34.5 Å². The molecule has 0 radical (unpaired) electrons. The van der Waals surface area contributed by atoms with Gasteiger partial charge in [0.05, 0.1) is 12.5 Å². The van der Waals surface area contributed by atoms with Crippen molar-refractivity contribution in [1.29, 1.82) is 0 Å². The molecule has 1 atom stereocenters. The summed E-state index contributed by atoms with van der Waals surface area (Å²) in [5.74, 6) is 0.0862. The van der Waals surface area contributed by atoms with Crippen molar-refractivity contribution >= 4 is 11.6 Å². The van der Waals surface area contributed by atoms with E-state index in [9.17, 15) is 9.90 Å². The van der Waals surface area contributed by atoms with Gasteiger partial charge in [0.1, 0.15) is 0 Å². The quantitative estimate of drug-likeness (QED) is 0.889. The lowest BCUT2D eigenvalue weighted by atomic mass is 9.96. The number of nitrogens with one attached hydrogen (secondary N) is 1. The molecule has 24 heavy (non-hydrogen) atoms. The lowest BCUT2D eigenvalue weighted by molar-refractivity contribution is -0.121. The number of hydrogen-bond acceptors (Lipinski definition) is 3. The maximum atomic E-state index is 12.6. The second-order valence-corrected chi connectivity index (χ2v) is 6.41. The fourth-order valence-electron chi connectivity index (χ4n) is 3.25. The van der Waals surface area contributed by atoms with Gasteiger partial charge < -0.3 is 10.4 Å². The van der Waals surface area contributed by atoms with Gasteiger partial charge in [-0.2, -0.15) is 0 Å². The average Bonchev–Trinajstić information content (AvgIpc) is 2.63. The van der Waals surface area contributed by atoms with Crippen LogP contribution >= 0.6 is 0 Å². The summed E-state index contributed by atoms with van der Waals surface area (Å²) < 4.78 is 0. The molecule has 2 aromatic carbocycles. The molecule has 1 saturated heterocycles. The third-order valence-corrected chi connectivity index (χ3v) is 4.50. The zero-order valence-corrected chi connectivity index (χ0v) is 13.8. The Labute approximate surface area is 143 Å². The van der Waals surface area contributed by atoms with E-state index in [1.165, 1.54) is 5.56 Å². The Morgan fingerprint density at radius 1 is 1.12 bits per heavy atom. The van der Waals surface area contributed by atoms with Crippen molar-refractivity contribution in [1.82, 2.24) is 4.90 Å². The summed E-state index contributed by atoms with van der Waals surface area (Å²) in [5, 5.41) is 12.2. The number of carbonyl (C=O) groups is 1. The van der Waals surface area contributed by atoms with Crippen LogP contribution in [0.5, 0.6) is 0 Å². The zero-order valence-electron chi connectivity index (χ0n) is 13.8. The number of piperidine rings is 1. The third-order valence-electron chi connectivity index (χ3n) is 4.50. The van der Waals surface area contributed by atoms with Crippen molar-refractivity contribution in [3.63, 3.8) is 0 Å². The first-order chi connectivity index (χ1) is 11.7. The van der Waals surface area contributed by atoms with Crippen molar-refractivity contribution < 1.29 is 9.90 Å². The molecule has 1 aliphatic heterocycles. The molecule has 1 fully saturated rings. The molecule has 1 aliphatic rings. The maximum absolute atomic E-state index is 12.6. The van der Waals surface area contributed by atoms with Crippen LogP contribution in [0.25, 0.3) is 0 Å². The van der Waals surface area contributed by atoms with Crippen LogP contribution in [0.1, 0.15) is 24.0 Å². The van der Waals surface area contributed by atoms with Gasteiger partial charge in [0, 0.05) is 18.8 Å². The normalized spacial score (nSPS) is 18.3. The number of benzene rings is 2. The van der Waals surface area contributed by atoms with Crippen molar-refractivity contribution in [3.05, 3.63) is 65.7 Å². The summed E-state index contributed by atoms with van der Waals surface area (Å²) in [4.78, 5) is 14.9. The molecular weight excluding hydrogens is 300 g/mol. The van der Waals surface area contributed by atoms with E-state index in [-0.39, 0.29) is 18.4 Å². The van der Waals surface area contributed by atoms with E-state index in [4.69, 9.17) is 0 Å². The molecule has 0 aliphatic carbocycles. The first-order valence-electron chi connectivity index (χ1n) is 8.51. The fourth-order valence-corrected chi connectivity index (χ4v) is 3.25. The monoisotopic (exact) mass is 324 g/mol. The van der Waals surface area contributed by atoms with E-state index in [0.29, 0.717) is 0 Å². The fraction of sp³-hybridized carbons (Fsp3) is 0.350. The second kappa shape index (κ2) is 8.08. The van der Waals surface area contributed by atoms with E-state index >= 15 is 0 Å². The Kier molecular flexibility index (Phi) is 5.62. The van der Waals surface area contributed by atoms with Gasteiger partial charge in [-0.3, -0.25) is 9.69 Å². The molecule has 126 valence electrons. The summed E-state index contributed by atoms with van der Waals surface area (Å²) >= 11 is 0. The average molecular weight is 324 g/mol. The Morgan fingerprint density at radius 2 is 1.92 bits per heavy atom. The molecule has 0 aromatic heterocycles. The molecule has 1 amide bonds. The first kappa shape index (κ1) is 16.7. The standard InChI is InChI=1S/C20H24N2O2/c23-15-17-8-4-10-19(12-17)21-20(24)18-9-5-11-22(14-18)13-16-6-2-1-3-7-16/h1-4,6-8,10,12,18,23H,5,9,11,13-15H2,(H,21,24). The Hall–Kier alpha value is -2.17. The van der Waals surface area contributed by atoms with Gasteiger partial charge in [0.2, 0.25) is 5.91 Å². The molecule has 1 heterocycles. The number of aliphatic hydroxyl groups excluding tert-OH is 1. The SMILES string of the molecule is O=C(Nc1cccc(CO)c1)C1CCCN(Cc2ccccc2)C1. The highest BCUT2D eigenvalue weighted by atomic mass is 16.3. The van der Waals surface area contributed by atoms with Gasteiger partial charge in [0.25, 0.3) is 0 Å². The van der Waals surface area contributed by atoms with Crippen molar-refractivity contribution in [3.8, 4) is 0 Å². The molecule has 2 aromatic rings. The Balaban J connectivity index is 1.58. The van der Waals surface area contributed by atoms with Crippen LogP contribution in [0.3, 0.4) is 0 Å². The lowest BCUT2D eigenvalue weighted by Gasteiger charge is -2.32. The van der Waals surface area contributed by atoms with Gasteiger partial charge in [-0.25, -0.2) is 0 Å². The number of aliphatic hydroxyl groups is 1. The van der Waals surface area contributed by atoms with Gasteiger partial charge in [0.15, 0.2) is 0 Å². The topological polar surface area (TPSA) is 52.6 Å². The van der Waals surface area contributed by atoms with Crippen molar-refractivity contribution in [2.75, 3.05) is 18.4 Å². The van der Waals surface area contributed by atoms with E-state index in [0.717, 1.165) is 43.7 Å². The molecule has 4 nitrogen and oxygen atoms in total. The van der Waals surface area contributed by atoms with Crippen LogP contribution in [0.2, 0.25) is 0 Å². The number of nitrogens with zero attached hydrogens (tertiary/aromatic N) is 1. The predicted octanol–water partition coefficient (Wildman–Crippen LogP) is 3.03. The molecule has 4 heteroatoms. The van der Waals surface area contributed by atoms with Crippen LogP contribution in [-0.2, 0) is 17.9 Å². The minimum Gasteiger partial charge on any atom is -0.392 e. The number of amides is 1.